The number of rotatable bonds is 4. The number of ether oxygens (including phenoxy) is 1. The van der Waals surface area contributed by atoms with Crippen LogP contribution in [-0.2, 0) is 20.9 Å². The second-order valence-electron chi connectivity index (χ2n) is 8.35. The van der Waals surface area contributed by atoms with Crippen LogP contribution in [0.3, 0.4) is 0 Å². The highest BCUT2D eigenvalue weighted by Crippen LogP contribution is 2.26. The summed E-state index contributed by atoms with van der Waals surface area (Å²) < 4.78 is 7.11. The number of carbonyl (C=O) groups is 3. The zero-order valence-corrected chi connectivity index (χ0v) is 17.7. The average molecular weight is 412 g/mol. The number of amides is 2. The van der Waals surface area contributed by atoms with Crippen LogP contribution in [0.1, 0.15) is 43.5 Å². The quantitative estimate of drug-likeness (QED) is 0.572. The normalized spacial score (nSPS) is 22.3. The molecular formula is C23H29N3O4. The van der Waals surface area contributed by atoms with Crippen LogP contribution in [0, 0.1) is 0 Å². The molecule has 2 atom stereocenters. The second kappa shape index (κ2) is 8.60. The number of nitrogens with zero attached hydrogens (tertiary/aromatic N) is 3. The van der Waals surface area contributed by atoms with Crippen LogP contribution in [0.15, 0.2) is 30.5 Å². The van der Waals surface area contributed by atoms with Gasteiger partial charge in [-0.05, 0) is 39.2 Å². The van der Waals surface area contributed by atoms with Gasteiger partial charge in [0.25, 0.3) is 11.7 Å². The molecule has 2 amide bonds. The molecule has 0 aliphatic carbocycles. The van der Waals surface area contributed by atoms with E-state index < -0.39 is 11.7 Å². The second-order valence-corrected chi connectivity index (χ2v) is 8.35. The maximum absolute atomic E-state index is 13.2. The van der Waals surface area contributed by atoms with Gasteiger partial charge in [0.2, 0.25) is 5.91 Å². The van der Waals surface area contributed by atoms with E-state index >= 15 is 0 Å². The maximum Gasteiger partial charge on any atom is 0.295 e. The SMILES string of the molecule is C[C@@H]1CCC[C@H](C)N1C(=O)C(=O)c1cn(CC(=O)N2CCOCC2)c2ccccc12. The number of likely N-dealkylation sites (tertiary alicyclic amines) is 1. The smallest absolute Gasteiger partial charge is 0.295 e. The first kappa shape index (κ1) is 20.6. The molecule has 4 rings (SSSR count). The Morgan fingerprint density at radius 1 is 1.03 bits per heavy atom. The Labute approximate surface area is 176 Å². The highest BCUT2D eigenvalue weighted by atomic mass is 16.5. The third-order valence-electron chi connectivity index (χ3n) is 6.32. The van der Waals surface area contributed by atoms with E-state index in [2.05, 4.69) is 0 Å². The molecule has 0 spiro atoms. The summed E-state index contributed by atoms with van der Waals surface area (Å²) in [6, 6.07) is 7.57. The molecule has 7 nitrogen and oxygen atoms in total. The van der Waals surface area contributed by atoms with Gasteiger partial charge in [-0.2, -0.15) is 0 Å². The lowest BCUT2D eigenvalue weighted by Crippen LogP contribution is -2.50. The molecule has 2 fully saturated rings. The van der Waals surface area contributed by atoms with E-state index in [1.165, 1.54) is 0 Å². The monoisotopic (exact) mass is 411 g/mol. The largest absolute Gasteiger partial charge is 0.378 e. The van der Waals surface area contributed by atoms with Gasteiger partial charge in [-0.3, -0.25) is 14.4 Å². The van der Waals surface area contributed by atoms with Crippen molar-refractivity contribution in [3.63, 3.8) is 0 Å². The molecule has 30 heavy (non-hydrogen) atoms. The van der Waals surface area contributed by atoms with Gasteiger partial charge in [0.05, 0.1) is 18.8 Å². The van der Waals surface area contributed by atoms with Gasteiger partial charge < -0.3 is 19.1 Å². The fraction of sp³-hybridized carbons (Fsp3) is 0.522. The molecule has 1 aromatic carbocycles. The number of carbonyl (C=O) groups excluding carboxylic acids is 3. The molecule has 1 aromatic heterocycles. The summed E-state index contributed by atoms with van der Waals surface area (Å²) in [5.41, 5.74) is 1.16. The van der Waals surface area contributed by atoms with Crippen LogP contribution >= 0.6 is 0 Å². The maximum atomic E-state index is 13.2. The van der Waals surface area contributed by atoms with Gasteiger partial charge in [-0.15, -0.1) is 0 Å². The number of Topliss-reactive ketones (excluding diaryl/α,β-unsaturated/α-hetero) is 1. The number of ketones is 1. The molecule has 0 bridgehead atoms. The number of para-hydroxylation sites is 1. The lowest BCUT2D eigenvalue weighted by Gasteiger charge is -2.38. The van der Waals surface area contributed by atoms with E-state index in [0.717, 1.165) is 24.8 Å². The highest BCUT2D eigenvalue weighted by molar-refractivity contribution is 6.45. The predicted octanol–water partition coefficient (Wildman–Crippen LogP) is 2.47. The molecule has 2 aliphatic rings. The minimum atomic E-state index is -0.496. The molecule has 0 unspecified atom stereocenters. The van der Waals surface area contributed by atoms with Crippen LogP contribution in [-0.4, -0.2) is 70.4 Å². The third kappa shape index (κ3) is 3.86. The van der Waals surface area contributed by atoms with Gasteiger partial charge in [-0.25, -0.2) is 0 Å². The van der Waals surface area contributed by atoms with Crippen LogP contribution in [0.5, 0.6) is 0 Å². The van der Waals surface area contributed by atoms with Gasteiger partial charge in [0.15, 0.2) is 0 Å². The minimum absolute atomic E-state index is 0.0114. The molecule has 2 aliphatic heterocycles. The van der Waals surface area contributed by atoms with Crippen molar-refractivity contribution in [2.75, 3.05) is 26.3 Å². The number of morpholine rings is 1. The molecule has 160 valence electrons. The number of benzene rings is 1. The van der Waals surface area contributed by atoms with Gasteiger partial charge in [0, 0.05) is 42.3 Å². The van der Waals surface area contributed by atoms with Crippen molar-refractivity contribution in [3.8, 4) is 0 Å². The fourth-order valence-corrected chi connectivity index (χ4v) is 4.67. The van der Waals surface area contributed by atoms with Crippen molar-refractivity contribution in [2.45, 2.75) is 51.7 Å². The summed E-state index contributed by atoms with van der Waals surface area (Å²) in [7, 11) is 0. The van der Waals surface area contributed by atoms with Crippen molar-refractivity contribution in [3.05, 3.63) is 36.0 Å². The Bertz CT molecular complexity index is 951. The van der Waals surface area contributed by atoms with Gasteiger partial charge in [-0.1, -0.05) is 18.2 Å². The van der Waals surface area contributed by atoms with E-state index in [1.54, 1.807) is 20.6 Å². The van der Waals surface area contributed by atoms with Crippen LogP contribution in [0.4, 0.5) is 0 Å². The van der Waals surface area contributed by atoms with Crippen LogP contribution in [0.2, 0.25) is 0 Å². The fourth-order valence-electron chi connectivity index (χ4n) is 4.67. The Morgan fingerprint density at radius 3 is 2.40 bits per heavy atom. The summed E-state index contributed by atoms with van der Waals surface area (Å²) >= 11 is 0. The summed E-state index contributed by atoms with van der Waals surface area (Å²) in [5.74, 6) is -0.955. The zero-order valence-electron chi connectivity index (χ0n) is 17.7. The molecular weight excluding hydrogens is 382 g/mol. The lowest BCUT2D eigenvalue weighted by molar-refractivity contribution is -0.135. The van der Waals surface area contributed by atoms with Crippen molar-refractivity contribution < 1.29 is 19.1 Å². The summed E-state index contributed by atoms with van der Waals surface area (Å²) in [4.78, 5) is 42.6. The van der Waals surface area contributed by atoms with E-state index in [0.29, 0.717) is 37.3 Å². The molecule has 2 aromatic rings. The Balaban J connectivity index is 1.62. The third-order valence-corrected chi connectivity index (χ3v) is 6.32. The Morgan fingerprint density at radius 2 is 1.70 bits per heavy atom. The van der Waals surface area contributed by atoms with Crippen molar-refractivity contribution in [1.82, 2.24) is 14.4 Å². The molecule has 7 heteroatoms. The van der Waals surface area contributed by atoms with Gasteiger partial charge >= 0.3 is 0 Å². The number of hydrogen-bond acceptors (Lipinski definition) is 4. The van der Waals surface area contributed by atoms with Crippen LogP contribution < -0.4 is 0 Å². The molecule has 3 heterocycles. The highest BCUT2D eigenvalue weighted by Gasteiger charge is 2.34. The standard InChI is InChI=1S/C23H29N3O4/c1-16-6-5-7-17(2)26(16)23(29)22(28)19-14-25(20-9-4-3-8-18(19)20)15-21(27)24-10-12-30-13-11-24/h3-4,8-9,14,16-17H,5-7,10-13,15H2,1-2H3/t16-,17+. The summed E-state index contributed by atoms with van der Waals surface area (Å²) in [6.45, 7) is 6.39. The lowest BCUT2D eigenvalue weighted by atomic mass is 9.96. The first-order chi connectivity index (χ1) is 14.5. The van der Waals surface area contributed by atoms with E-state index in [4.69, 9.17) is 4.74 Å². The molecule has 0 N–H and O–H groups in total. The molecule has 0 saturated carbocycles. The zero-order chi connectivity index (χ0) is 21.3. The van der Waals surface area contributed by atoms with Gasteiger partial charge in [0.1, 0.15) is 6.54 Å². The first-order valence-electron chi connectivity index (χ1n) is 10.8. The molecule has 0 radical (unpaired) electrons. The summed E-state index contributed by atoms with van der Waals surface area (Å²) in [6.07, 6.45) is 4.57. The summed E-state index contributed by atoms with van der Waals surface area (Å²) in [5, 5.41) is 0.711. The topological polar surface area (TPSA) is 71.9 Å². The Kier molecular flexibility index (Phi) is 5.90. The van der Waals surface area contributed by atoms with Crippen molar-refractivity contribution in [2.24, 2.45) is 0 Å². The average Bonchev–Trinajstić information content (AvgIpc) is 3.12. The van der Waals surface area contributed by atoms with E-state index in [9.17, 15) is 14.4 Å². The van der Waals surface area contributed by atoms with E-state index in [-0.39, 0.29) is 24.5 Å². The van der Waals surface area contributed by atoms with E-state index in [1.807, 2.05) is 38.1 Å². The Hall–Kier alpha value is -2.67. The first-order valence-corrected chi connectivity index (χ1v) is 10.8. The number of fused-ring (bicyclic) bond motifs is 1. The minimum Gasteiger partial charge on any atom is -0.378 e. The molecule has 2 saturated heterocycles. The van der Waals surface area contributed by atoms with Crippen molar-refractivity contribution in [1.29, 1.82) is 0 Å². The van der Waals surface area contributed by atoms with Crippen molar-refractivity contribution >= 4 is 28.5 Å². The number of hydrogen-bond donors (Lipinski definition) is 0. The predicted molar refractivity (Wildman–Crippen MR) is 113 cm³/mol. The number of piperidine rings is 1. The van der Waals surface area contributed by atoms with Crippen LogP contribution in [0.25, 0.3) is 10.9 Å². The number of aromatic nitrogens is 1.